The van der Waals surface area contributed by atoms with Gasteiger partial charge in [0.15, 0.2) is 5.75 Å². The van der Waals surface area contributed by atoms with Gasteiger partial charge >= 0.3 is 0 Å². The quantitative estimate of drug-likeness (QED) is 0.905. The van der Waals surface area contributed by atoms with Gasteiger partial charge in [0, 0.05) is 18.7 Å². The van der Waals surface area contributed by atoms with Gasteiger partial charge in [-0.05, 0) is 26.1 Å². The molecule has 0 saturated carbocycles. The Labute approximate surface area is 105 Å². The lowest BCUT2D eigenvalue weighted by Crippen LogP contribution is -2.14. The van der Waals surface area contributed by atoms with Crippen LogP contribution in [0.5, 0.6) is 11.5 Å². The minimum absolute atomic E-state index is 0.127. The molecular formula is C13H16FN3O. The molecule has 0 bridgehead atoms. The van der Waals surface area contributed by atoms with Crippen molar-refractivity contribution < 1.29 is 9.13 Å². The molecule has 0 aliphatic rings. The van der Waals surface area contributed by atoms with E-state index in [0.29, 0.717) is 17.1 Å². The van der Waals surface area contributed by atoms with E-state index in [-0.39, 0.29) is 11.9 Å². The predicted octanol–water partition coefficient (Wildman–Crippen LogP) is 2.63. The highest BCUT2D eigenvalue weighted by Gasteiger charge is 2.16. The number of halogens is 1. The second-order valence-corrected chi connectivity index (χ2v) is 4.11. The van der Waals surface area contributed by atoms with E-state index in [4.69, 9.17) is 4.74 Å². The molecule has 1 atom stereocenters. The maximum atomic E-state index is 13.9. The minimum atomic E-state index is -0.279. The Morgan fingerprint density at radius 3 is 2.83 bits per heavy atom. The van der Waals surface area contributed by atoms with E-state index >= 15 is 0 Å². The molecule has 2 rings (SSSR count). The third-order valence-electron chi connectivity index (χ3n) is 2.79. The predicted molar refractivity (Wildman–Crippen MR) is 67.2 cm³/mol. The molecule has 1 heterocycles. The summed E-state index contributed by atoms with van der Waals surface area (Å²) in [7, 11) is 3.58. The molecule has 5 heteroatoms. The molecule has 0 aliphatic carbocycles. The fourth-order valence-electron chi connectivity index (χ4n) is 1.75. The molecule has 96 valence electrons. The third kappa shape index (κ3) is 2.51. The fraction of sp³-hybridized carbons (Fsp3) is 0.308. The van der Waals surface area contributed by atoms with Crippen LogP contribution in [0, 0.1) is 5.82 Å². The molecule has 0 saturated heterocycles. The maximum absolute atomic E-state index is 13.9. The zero-order chi connectivity index (χ0) is 13.1. The second-order valence-electron chi connectivity index (χ2n) is 4.11. The number of rotatable bonds is 4. The van der Waals surface area contributed by atoms with Crippen molar-refractivity contribution in [3.63, 3.8) is 0 Å². The van der Waals surface area contributed by atoms with Crippen molar-refractivity contribution in [3.8, 4) is 11.5 Å². The van der Waals surface area contributed by atoms with Crippen LogP contribution in [-0.4, -0.2) is 16.8 Å². The van der Waals surface area contributed by atoms with Crippen LogP contribution in [0.3, 0.4) is 0 Å². The van der Waals surface area contributed by atoms with Gasteiger partial charge in [-0.15, -0.1) is 0 Å². The molecule has 0 spiro atoms. The molecule has 18 heavy (non-hydrogen) atoms. The number of aromatic nitrogens is 2. The smallest absolute Gasteiger partial charge is 0.165 e. The largest absolute Gasteiger partial charge is 0.454 e. The first-order valence-corrected chi connectivity index (χ1v) is 5.74. The first-order valence-electron chi connectivity index (χ1n) is 5.74. The van der Waals surface area contributed by atoms with Crippen LogP contribution in [0.1, 0.15) is 18.5 Å². The topological polar surface area (TPSA) is 39.1 Å². The molecule has 4 nitrogen and oxygen atoms in total. The van der Waals surface area contributed by atoms with Crippen molar-refractivity contribution >= 4 is 0 Å². The highest BCUT2D eigenvalue weighted by Crippen LogP contribution is 2.31. The molecule has 0 radical (unpaired) electrons. The lowest BCUT2D eigenvalue weighted by atomic mass is 10.1. The molecule has 1 aromatic carbocycles. The number of hydrogen-bond donors (Lipinski definition) is 1. The fourth-order valence-corrected chi connectivity index (χ4v) is 1.75. The number of hydrogen-bond acceptors (Lipinski definition) is 3. The van der Waals surface area contributed by atoms with Crippen molar-refractivity contribution in [1.29, 1.82) is 0 Å². The minimum Gasteiger partial charge on any atom is -0.454 e. The van der Waals surface area contributed by atoms with Crippen LogP contribution in [0.25, 0.3) is 0 Å². The summed E-state index contributed by atoms with van der Waals surface area (Å²) in [6.45, 7) is 1.88. The van der Waals surface area contributed by atoms with Gasteiger partial charge in [0.1, 0.15) is 11.6 Å². The Kier molecular flexibility index (Phi) is 3.62. The summed E-state index contributed by atoms with van der Waals surface area (Å²) in [6, 6.07) is 4.68. The van der Waals surface area contributed by atoms with Crippen molar-refractivity contribution in [2.75, 3.05) is 7.05 Å². The van der Waals surface area contributed by atoms with E-state index in [1.807, 2.05) is 6.92 Å². The first kappa shape index (κ1) is 12.6. The summed E-state index contributed by atoms with van der Waals surface area (Å²) in [6.07, 6.45) is 3.33. The summed E-state index contributed by atoms with van der Waals surface area (Å²) in [5.41, 5.74) is 0.517. The summed E-state index contributed by atoms with van der Waals surface area (Å²) in [5, 5.41) is 7.02. The van der Waals surface area contributed by atoms with Crippen molar-refractivity contribution in [1.82, 2.24) is 15.1 Å². The van der Waals surface area contributed by atoms with E-state index in [1.165, 1.54) is 6.07 Å². The summed E-state index contributed by atoms with van der Waals surface area (Å²) in [4.78, 5) is 0. The van der Waals surface area contributed by atoms with E-state index in [1.54, 1.807) is 43.3 Å². The number of nitrogens with zero attached hydrogens (tertiary/aromatic N) is 2. The Balaban J connectivity index is 2.35. The van der Waals surface area contributed by atoms with Gasteiger partial charge in [-0.3, -0.25) is 4.68 Å². The Bertz CT molecular complexity index is 539. The lowest BCUT2D eigenvalue weighted by molar-refractivity contribution is 0.452. The molecule has 2 aromatic rings. The molecule has 0 amide bonds. The highest BCUT2D eigenvalue weighted by atomic mass is 19.1. The van der Waals surface area contributed by atoms with Gasteiger partial charge in [0.05, 0.1) is 12.4 Å². The Morgan fingerprint density at radius 1 is 1.44 bits per heavy atom. The van der Waals surface area contributed by atoms with Crippen LogP contribution in [0.2, 0.25) is 0 Å². The Hall–Kier alpha value is -1.88. The molecule has 1 N–H and O–H groups in total. The van der Waals surface area contributed by atoms with Crippen LogP contribution < -0.4 is 10.1 Å². The number of aryl methyl sites for hydroxylation is 1. The molecule has 0 aliphatic heterocycles. The standard InChI is InChI=1S/C13H16FN3O/c1-9(15-2)13-11(14)5-4-6-12(13)18-10-7-16-17(3)8-10/h4-9,15H,1-3H3. The molecule has 1 aromatic heterocycles. The average Bonchev–Trinajstić information content (AvgIpc) is 2.74. The number of ether oxygens (including phenoxy) is 1. The maximum Gasteiger partial charge on any atom is 0.165 e. The second kappa shape index (κ2) is 5.18. The van der Waals surface area contributed by atoms with Crippen LogP contribution in [0.15, 0.2) is 30.6 Å². The van der Waals surface area contributed by atoms with Gasteiger partial charge in [-0.2, -0.15) is 5.10 Å². The van der Waals surface area contributed by atoms with Crippen LogP contribution in [-0.2, 0) is 7.05 Å². The number of nitrogens with one attached hydrogen (secondary N) is 1. The van der Waals surface area contributed by atoms with Crippen LogP contribution in [0.4, 0.5) is 4.39 Å². The zero-order valence-corrected chi connectivity index (χ0v) is 10.6. The van der Waals surface area contributed by atoms with Gasteiger partial charge < -0.3 is 10.1 Å². The highest BCUT2D eigenvalue weighted by molar-refractivity contribution is 5.39. The lowest BCUT2D eigenvalue weighted by Gasteiger charge is -2.16. The first-order chi connectivity index (χ1) is 8.61. The summed E-state index contributed by atoms with van der Waals surface area (Å²) >= 11 is 0. The van der Waals surface area contributed by atoms with Gasteiger partial charge in [-0.1, -0.05) is 6.07 Å². The summed E-state index contributed by atoms with van der Waals surface area (Å²) < 4.78 is 21.2. The van der Waals surface area contributed by atoms with Gasteiger partial charge in [-0.25, -0.2) is 4.39 Å². The average molecular weight is 249 g/mol. The Morgan fingerprint density at radius 2 is 2.22 bits per heavy atom. The van der Waals surface area contributed by atoms with E-state index in [0.717, 1.165) is 0 Å². The number of benzene rings is 1. The van der Waals surface area contributed by atoms with Crippen molar-refractivity contribution in [2.24, 2.45) is 7.05 Å². The SMILES string of the molecule is CNC(C)c1c(F)cccc1Oc1cnn(C)c1. The van der Waals surface area contributed by atoms with E-state index < -0.39 is 0 Å². The monoisotopic (exact) mass is 249 g/mol. The van der Waals surface area contributed by atoms with Gasteiger partial charge in [0.2, 0.25) is 0 Å². The van der Waals surface area contributed by atoms with E-state index in [2.05, 4.69) is 10.4 Å². The zero-order valence-electron chi connectivity index (χ0n) is 10.6. The van der Waals surface area contributed by atoms with Gasteiger partial charge in [0.25, 0.3) is 0 Å². The molecule has 1 unspecified atom stereocenters. The third-order valence-corrected chi connectivity index (χ3v) is 2.79. The van der Waals surface area contributed by atoms with Crippen molar-refractivity contribution in [3.05, 3.63) is 42.0 Å². The molecule has 0 fully saturated rings. The van der Waals surface area contributed by atoms with E-state index in [9.17, 15) is 4.39 Å². The summed E-state index contributed by atoms with van der Waals surface area (Å²) in [5.74, 6) is 0.816. The van der Waals surface area contributed by atoms with Crippen LogP contribution >= 0.6 is 0 Å². The molecular weight excluding hydrogens is 233 g/mol. The van der Waals surface area contributed by atoms with Crippen molar-refractivity contribution in [2.45, 2.75) is 13.0 Å². The normalized spacial score (nSPS) is 12.4.